The molecule has 0 spiro atoms. The molecule has 0 saturated heterocycles. The van der Waals surface area contributed by atoms with Gasteiger partial charge in [0.15, 0.2) is 0 Å². The molecule has 0 aliphatic heterocycles. The number of hydrogen-bond acceptors (Lipinski definition) is 3. The number of hydrogen-bond donors (Lipinski definition) is 1. The first-order valence-electron chi connectivity index (χ1n) is 7.23. The summed E-state index contributed by atoms with van der Waals surface area (Å²) in [5.74, 6) is 1.05. The SMILES string of the molecule is CCNC(c1ccc(Cl)s1)c1c(CC)oc2ccccc12. The Bertz CT molecular complexity index is 746. The summed E-state index contributed by atoms with van der Waals surface area (Å²) in [6.45, 7) is 5.14. The molecule has 2 heterocycles. The standard InChI is InChI=1S/C17H18ClNOS/c1-3-12-16(11-7-5-6-8-13(11)20-12)17(19-4-2)14-9-10-15(18)21-14/h5-10,17,19H,3-4H2,1-2H3. The second-order valence-corrected chi connectivity index (χ2v) is 6.67. The number of furan rings is 1. The molecule has 3 aromatic rings. The quantitative estimate of drug-likeness (QED) is 0.680. The lowest BCUT2D eigenvalue weighted by atomic mass is 10.00. The van der Waals surface area contributed by atoms with Crippen molar-refractivity contribution in [1.82, 2.24) is 5.32 Å². The van der Waals surface area contributed by atoms with E-state index in [-0.39, 0.29) is 6.04 Å². The van der Waals surface area contributed by atoms with Gasteiger partial charge in [-0.25, -0.2) is 0 Å². The number of nitrogens with one attached hydrogen (secondary N) is 1. The van der Waals surface area contributed by atoms with E-state index in [9.17, 15) is 0 Å². The van der Waals surface area contributed by atoms with Crippen molar-refractivity contribution in [3.63, 3.8) is 0 Å². The lowest BCUT2D eigenvalue weighted by Crippen LogP contribution is -2.21. The maximum absolute atomic E-state index is 6.13. The van der Waals surface area contributed by atoms with Crippen LogP contribution in [0.15, 0.2) is 40.8 Å². The monoisotopic (exact) mass is 319 g/mol. The van der Waals surface area contributed by atoms with Crippen LogP contribution >= 0.6 is 22.9 Å². The van der Waals surface area contributed by atoms with Gasteiger partial charge in [-0.05, 0) is 24.7 Å². The van der Waals surface area contributed by atoms with Crippen molar-refractivity contribution < 1.29 is 4.42 Å². The van der Waals surface area contributed by atoms with Crippen LogP contribution in [0.25, 0.3) is 11.0 Å². The first-order valence-corrected chi connectivity index (χ1v) is 8.43. The molecule has 1 aromatic carbocycles. The van der Waals surface area contributed by atoms with Crippen LogP contribution in [0, 0.1) is 0 Å². The normalized spacial score (nSPS) is 12.9. The van der Waals surface area contributed by atoms with Gasteiger partial charge in [0.1, 0.15) is 11.3 Å². The van der Waals surface area contributed by atoms with Gasteiger partial charge in [-0.3, -0.25) is 0 Å². The van der Waals surface area contributed by atoms with Crippen LogP contribution in [0.4, 0.5) is 0 Å². The summed E-state index contributed by atoms with van der Waals surface area (Å²) in [5.41, 5.74) is 2.20. The number of benzene rings is 1. The maximum Gasteiger partial charge on any atom is 0.134 e. The molecule has 1 N–H and O–H groups in total. The van der Waals surface area contributed by atoms with Gasteiger partial charge in [0.25, 0.3) is 0 Å². The van der Waals surface area contributed by atoms with Gasteiger partial charge >= 0.3 is 0 Å². The van der Waals surface area contributed by atoms with Crippen molar-refractivity contribution in [2.45, 2.75) is 26.3 Å². The molecule has 2 aromatic heterocycles. The number of fused-ring (bicyclic) bond motifs is 1. The van der Waals surface area contributed by atoms with E-state index >= 15 is 0 Å². The van der Waals surface area contributed by atoms with E-state index < -0.39 is 0 Å². The van der Waals surface area contributed by atoms with Crippen molar-refractivity contribution in [2.75, 3.05) is 6.54 Å². The maximum atomic E-state index is 6.13. The molecule has 0 amide bonds. The molecule has 0 saturated carbocycles. The summed E-state index contributed by atoms with van der Waals surface area (Å²) >= 11 is 7.75. The Balaban J connectivity index is 2.18. The number of aryl methyl sites for hydroxylation is 1. The van der Waals surface area contributed by atoms with Crippen LogP contribution in [-0.2, 0) is 6.42 Å². The minimum Gasteiger partial charge on any atom is -0.461 e. The Morgan fingerprint density at radius 2 is 2.00 bits per heavy atom. The molecular weight excluding hydrogens is 302 g/mol. The lowest BCUT2D eigenvalue weighted by Gasteiger charge is -2.17. The van der Waals surface area contributed by atoms with Gasteiger partial charge in [0.05, 0.1) is 10.4 Å². The average Bonchev–Trinajstić information content (AvgIpc) is 3.08. The van der Waals surface area contributed by atoms with E-state index in [1.54, 1.807) is 11.3 Å². The summed E-state index contributed by atoms with van der Waals surface area (Å²) < 4.78 is 6.85. The summed E-state index contributed by atoms with van der Waals surface area (Å²) in [4.78, 5) is 1.23. The van der Waals surface area contributed by atoms with Crippen molar-refractivity contribution in [1.29, 1.82) is 0 Å². The highest BCUT2D eigenvalue weighted by Crippen LogP contribution is 2.38. The molecule has 110 valence electrons. The minimum atomic E-state index is 0.131. The van der Waals surface area contributed by atoms with Gasteiger partial charge < -0.3 is 9.73 Å². The average molecular weight is 320 g/mol. The van der Waals surface area contributed by atoms with E-state index in [4.69, 9.17) is 16.0 Å². The lowest BCUT2D eigenvalue weighted by molar-refractivity contribution is 0.535. The fraction of sp³-hybridized carbons (Fsp3) is 0.294. The Morgan fingerprint density at radius 3 is 2.67 bits per heavy atom. The number of thiophene rings is 1. The highest BCUT2D eigenvalue weighted by atomic mass is 35.5. The van der Waals surface area contributed by atoms with Crippen LogP contribution in [-0.4, -0.2) is 6.54 Å². The fourth-order valence-electron chi connectivity index (χ4n) is 2.73. The van der Waals surface area contributed by atoms with E-state index in [1.165, 1.54) is 15.8 Å². The molecule has 1 atom stereocenters. The fourth-order valence-corrected chi connectivity index (χ4v) is 3.87. The third kappa shape index (κ3) is 2.73. The first kappa shape index (κ1) is 14.6. The molecule has 0 bridgehead atoms. The van der Waals surface area contributed by atoms with Gasteiger partial charge in [-0.15, -0.1) is 11.3 Å². The van der Waals surface area contributed by atoms with Crippen LogP contribution < -0.4 is 5.32 Å². The second-order valence-electron chi connectivity index (χ2n) is 4.92. The van der Waals surface area contributed by atoms with Crippen LogP contribution in [0.1, 0.15) is 36.1 Å². The Kier molecular flexibility index (Phi) is 4.34. The van der Waals surface area contributed by atoms with Crippen LogP contribution in [0.5, 0.6) is 0 Å². The summed E-state index contributed by atoms with van der Waals surface area (Å²) in [6, 6.07) is 12.4. The highest BCUT2D eigenvalue weighted by molar-refractivity contribution is 7.16. The predicted octanol–water partition coefficient (Wildman–Crippen LogP) is 5.41. The van der Waals surface area contributed by atoms with E-state index in [1.807, 2.05) is 18.2 Å². The molecule has 0 radical (unpaired) electrons. The van der Waals surface area contributed by atoms with Gasteiger partial charge in [0, 0.05) is 22.2 Å². The van der Waals surface area contributed by atoms with Gasteiger partial charge in [0.2, 0.25) is 0 Å². The highest BCUT2D eigenvalue weighted by Gasteiger charge is 2.23. The Hall–Kier alpha value is -1.29. The van der Waals surface area contributed by atoms with Gasteiger partial charge in [-0.2, -0.15) is 0 Å². The molecule has 4 heteroatoms. The minimum absolute atomic E-state index is 0.131. The van der Waals surface area contributed by atoms with Crippen molar-refractivity contribution in [3.05, 3.63) is 56.9 Å². The summed E-state index contributed by atoms with van der Waals surface area (Å²) in [5, 5.41) is 4.76. The zero-order chi connectivity index (χ0) is 14.8. The molecule has 0 aliphatic rings. The van der Waals surface area contributed by atoms with Crippen LogP contribution in [0.2, 0.25) is 4.34 Å². The topological polar surface area (TPSA) is 25.2 Å². The molecule has 21 heavy (non-hydrogen) atoms. The van der Waals surface area contributed by atoms with Crippen molar-refractivity contribution in [2.24, 2.45) is 0 Å². The third-order valence-corrected chi connectivity index (χ3v) is 4.90. The molecular formula is C17H18ClNOS. The predicted molar refractivity (Wildman–Crippen MR) is 90.4 cm³/mol. The molecule has 0 aliphatic carbocycles. The molecule has 2 nitrogen and oxygen atoms in total. The summed E-state index contributed by atoms with van der Waals surface area (Å²) in [6.07, 6.45) is 0.880. The number of rotatable bonds is 5. The van der Waals surface area contributed by atoms with E-state index in [0.29, 0.717) is 0 Å². The molecule has 1 unspecified atom stereocenters. The second kappa shape index (κ2) is 6.22. The first-order chi connectivity index (χ1) is 10.2. The zero-order valence-corrected chi connectivity index (χ0v) is 13.7. The number of para-hydroxylation sites is 1. The van der Waals surface area contributed by atoms with Crippen molar-refractivity contribution >= 4 is 33.9 Å². The number of halogens is 1. The Labute approximate surface area is 133 Å². The zero-order valence-electron chi connectivity index (χ0n) is 12.2. The van der Waals surface area contributed by atoms with Gasteiger partial charge in [-0.1, -0.05) is 43.6 Å². The largest absolute Gasteiger partial charge is 0.461 e. The molecule has 3 rings (SSSR count). The Morgan fingerprint density at radius 1 is 1.19 bits per heavy atom. The van der Waals surface area contributed by atoms with E-state index in [2.05, 4.69) is 37.4 Å². The van der Waals surface area contributed by atoms with Crippen LogP contribution in [0.3, 0.4) is 0 Å². The van der Waals surface area contributed by atoms with E-state index in [0.717, 1.165) is 28.6 Å². The smallest absolute Gasteiger partial charge is 0.134 e. The summed E-state index contributed by atoms with van der Waals surface area (Å²) in [7, 11) is 0. The molecule has 0 fully saturated rings. The van der Waals surface area contributed by atoms with Crippen molar-refractivity contribution in [3.8, 4) is 0 Å². The third-order valence-electron chi connectivity index (χ3n) is 3.61.